The average molecular weight is 618 g/mol. The zero-order valence-corrected chi connectivity index (χ0v) is 15.5. The van der Waals surface area contributed by atoms with Crippen LogP contribution in [0.2, 0.25) is 0 Å². The Morgan fingerprint density at radius 2 is 1.42 bits per heavy atom. The zero-order valence-electron chi connectivity index (χ0n) is 6.91. The van der Waals surface area contributed by atoms with Crippen LogP contribution in [0.5, 0.6) is 0 Å². The SMILES string of the molecule is ICCCC(I)CC(I)CCI. The van der Waals surface area contributed by atoms with Crippen molar-refractivity contribution in [2.24, 2.45) is 0 Å². The second-order valence-corrected chi connectivity index (χ2v) is 8.42. The van der Waals surface area contributed by atoms with Gasteiger partial charge in [0.1, 0.15) is 0 Å². The summed E-state index contributed by atoms with van der Waals surface area (Å²) in [7, 11) is 0. The van der Waals surface area contributed by atoms with Gasteiger partial charge in [0.05, 0.1) is 0 Å². The van der Waals surface area contributed by atoms with E-state index in [1.165, 1.54) is 34.5 Å². The average Bonchev–Trinajstić information content (AvgIpc) is 2.01. The maximum absolute atomic E-state index is 2.61. The first-order valence-electron chi connectivity index (χ1n) is 4.10. The fourth-order valence-electron chi connectivity index (χ4n) is 0.930. The van der Waals surface area contributed by atoms with Gasteiger partial charge in [-0.25, -0.2) is 0 Å². The van der Waals surface area contributed by atoms with Crippen molar-refractivity contribution in [1.82, 2.24) is 0 Å². The molecule has 0 aromatic carbocycles. The summed E-state index contributed by atoms with van der Waals surface area (Å²) in [5.74, 6) is 0. The van der Waals surface area contributed by atoms with Gasteiger partial charge in [0.2, 0.25) is 0 Å². The standard InChI is InChI=1S/C8H14I4/c9-4-1-2-7(11)6-8(12)3-5-10/h7-8H,1-6H2. The lowest BCUT2D eigenvalue weighted by atomic mass is 10.1. The molecule has 2 unspecified atom stereocenters. The van der Waals surface area contributed by atoms with Crippen molar-refractivity contribution < 1.29 is 0 Å². The molecule has 0 heterocycles. The van der Waals surface area contributed by atoms with Crippen molar-refractivity contribution in [3.8, 4) is 0 Å². The van der Waals surface area contributed by atoms with E-state index in [4.69, 9.17) is 0 Å². The topological polar surface area (TPSA) is 0 Å². The normalized spacial score (nSPS) is 16.0. The number of halogens is 4. The summed E-state index contributed by atoms with van der Waals surface area (Å²) >= 11 is 10.1. The molecule has 0 aromatic heterocycles. The van der Waals surface area contributed by atoms with Crippen LogP contribution in [-0.2, 0) is 0 Å². The predicted molar refractivity (Wildman–Crippen MR) is 91.9 cm³/mol. The van der Waals surface area contributed by atoms with Crippen LogP contribution in [0.1, 0.15) is 25.7 Å². The van der Waals surface area contributed by atoms with Crippen molar-refractivity contribution >= 4 is 90.4 Å². The molecular weight excluding hydrogens is 604 g/mol. The van der Waals surface area contributed by atoms with Gasteiger partial charge in [0.25, 0.3) is 0 Å². The highest BCUT2D eigenvalue weighted by Crippen LogP contribution is 2.22. The number of alkyl halides is 4. The second kappa shape index (κ2) is 10.4. The molecule has 0 saturated carbocycles. The zero-order chi connectivity index (χ0) is 9.40. The summed E-state index contributed by atoms with van der Waals surface area (Å²) in [4.78, 5) is 0. The van der Waals surface area contributed by atoms with Crippen molar-refractivity contribution in [2.45, 2.75) is 33.5 Å². The van der Waals surface area contributed by atoms with Crippen LogP contribution in [0, 0.1) is 0 Å². The molecule has 0 rings (SSSR count). The first kappa shape index (κ1) is 14.9. The number of hydrogen-bond donors (Lipinski definition) is 0. The molecule has 0 aliphatic heterocycles. The fraction of sp³-hybridized carbons (Fsp3) is 1.00. The quantitative estimate of drug-likeness (QED) is 0.278. The Kier molecular flexibility index (Phi) is 13.0. The van der Waals surface area contributed by atoms with E-state index in [-0.39, 0.29) is 0 Å². The third-order valence-electron chi connectivity index (χ3n) is 1.58. The molecule has 0 saturated heterocycles. The molecule has 0 aromatic rings. The van der Waals surface area contributed by atoms with Crippen LogP contribution in [0.4, 0.5) is 0 Å². The highest BCUT2D eigenvalue weighted by atomic mass is 127. The van der Waals surface area contributed by atoms with E-state index < -0.39 is 0 Å². The maximum atomic E-state index is 2.61. The third kappa shape index (κ3) is 9.47. The molecule has 0 bridgehead atoms. The van der Waals surface area contributed by atoms with E-state index in [0.29, 0.717) is 0 Å². The van der Waals surface area contributed by atoms with Gasteiger partial charge in [0.15, 0.2) is 0 Å². The molecule has 0 spiro atoms. The lowest BCUT2D eigenvalue weighted by Crippen LogP contribution is -2.08. The lowest BCUT2D eigenvalue weighted by molar-refractivity contribution is 0.690. The van der Waals surface area contributed by atoms with Crippen LogP contribution >= 0.6 is 90.4 Å². The molecule has 0 aliphatic carbocycles. The first-order chi connectivity index (χ1) is 5.70. The van der Waals surface area contributed by atoms with E-state index in [0.717, 1.165) is 7.85 Å². The Balaban J connectivity index is 3.33. The lowest BCUT2D eigenvalue weighted by Gasteiger charge is -2.12. The van der Waals surface area contributed by atoms with Crippen LogP contribution < -0.4 is 0 Å². The predicted octanol–water partition coefficient (Wildman–Crippen LogP) is 5.02. The largest absolute Gasteiger partial charge is 0.0864 e. The summed E-state index contributed by atoms with van der Waals surface area (Å²) in [5, 5.41) is 0. The highest BCUT2D eigenvalue weighted by molar-refractivity contribution is 14.1. The van der Waals surface area contributed by atoms with Gasteiger partial charge >= 0.3 is 0 Å². The van der Waals surface area contributed by atoms with E-state index in [1.807, 2.05) is 0 Å². The van der Waals surface area contributed by atoms with Gasteiger partial charge in [0, 0.05) is 12.3 Å². The first-order valence-corrected chi connectivity index (χ1v) is 9.65. The minimum absolute atomic E-state index is 0.899. The van der Waals surface area contributed by atoms with Gasteiger partial charge in [-0.1, -0.05) is 90.4 Å². The molecule has 0 nitrogen and oxygen atoms in total. The van der Waals surface area contributed by atoms with Crippen molar-refractivity contribution in [3.63, 3.8) is 0 Å². The smallest absolute Gasteiger partial charge is 0.0127 e. The van der Waals surface area contributed by atoms with E-state index in [2.05, 4.69) is 90.4 Å². The summed E-state index contributed by atoms with van der Waals surface area (Å²) in [6.07, 6.45) is 5.58. The van der Waals surface area contributed by atoms with E-state index in [1.54, 1.807) is 0 Å². The van der Waals surface area contributed by atoms with E-state index >= 15 is 0 Å². The van der Waals surface area contributed by atoms with Gasteiger partial charge in [-0.3, -0.25) is 0 Å². The van der Waals surface area contributed by atoms with Crippen LogP contribution in [-0.4, -0.2) is 16.7 Å². The van der Waals surface area contributed by atoms with Crippen molar-refractivity contribution in [3.05, 3.63) is 0 Å². The van der Waals surface area contributed by atoms with Gasteiger partial charge < -0.3 is 0 Å². The molecule has 0 N–H and O–H groups in total. The second-order valence-electron chi connectivity index (χ2n) is 2.74. The minimum atomic E-state index is 0.899. The van der Waals surface area contributed by atoms with Gasteiger partial charge in [-0.05, 0) is 30.1 Å². The molecule has 0 aliphatic rings. The molecule has 0 radical (unpaired) electrons. The van der Waals surface area contributed by atoms with Crippen molar-refractivity contribution in [2.75, 3.05) is 8.86 Å². The Labute approximate surface area is 130 Å². The van der Waals surface area contributed by atoms with Crippen LogP contribution in [0.25, 0.3) is 0 Å². The third-order valence-corrected chi connectivity index (χ3v) is 5.23. The fourth-order valence-corrected chi connectivity index (χ4v) is 6.27. The molecule has 4 heteroatoms. The Morgan fingerprint density at radius 3 is 1.92 bits per heavy atom. The van der Waals surface area contributed by atoms with Crippen LogP contribution in [0.15, 0.2) is 0 Å². The summed E-state index contributed by atoms with van der Waals surface area (Å²) in [6, 6.07) is 0. The molecule has 0 fully saturated rings. The Hall–Kier alpha value is 2.92. The van der Waals surface area contributed by atoms with Gasteiger partial charge in [-0.2, -0.15) is 0 Å². The highest BCUT2D eigenvalue weighted by Gasteiger charge is 2.10. The summed E-state index contributed by atoms with van der Waals surface area (Å²) < 4.78 is 4.43. The molecule has 74 valence electrons. The van der Waals surface area contributed by atoms with E-state index in [9.17, 15) is 0 Å². The number of rotatable bonds is 7. The molecule has 2 atom stereocenters. The van der Waals surface area contributed by atoms with Crippen molar-refractivity contribution in [1.29, 1.82) is 0 Å². The summed E-state index contributed by atoms with van der Waals surface area (Å²) in [5.41, 5.74) is 0. The van der Waals surface area contributed by atoms with Gasteiger partial charge in [-0.15, -0.1) is 0 Å². The minimum Gasteiger partial charge on any atom is -0.0864 e. The molecular formula is C8H14I4. The molecule has 0 amide bonds. The molecule has 12 heavy (non-hydrogen) atoms. The maximum Gasteiger partial charge on any atom is 0.0127 e. The Bertz CT molecular complexity index is 97.1. The van der Waals surface area contributed by atoms with Crippen LogP contribution in [0.3, 0.4) is 0 Å². The Morgan fingerprint density at radius 1 is 0.833 bits per heavy atom. The summed E-state index contributed by atoms with van der Waals surface area (Å²) in [6.45, 7) is 0. The monoisotopic (exact) mass is 618 g/mol. The number of hydrogen-bond acceptors (Lipinski definition) is 0.